The van der Waals surface area contributed by atoms with Crippen molar-refractivity contribution in [1.29, 1.82) is 0 Å². The maximum atomic E-state index is 13.1. The molecule has 1 aliphatic carbocycles. The molecule has 0 saturated carbocycles. The van der Waals surface area contributed by atoms with Crippen molar-refractivity contribution in [3.8, 4) is 0 Å². The van der Waals surface area contributed by atoms with Gasteiger partial charge in [-0.25, -0.2) is 0 Å². The summed E-state index contributed by atoms with van der Waals surface area (Å²) in [7, 11) is 0. The molecule has 1 unspecified atom stereocenters. The number of aromatic nitrogens is 1. The van der Waals surface area contributed by atoms with Crippen LogP contribution in [0.2, 0.25) is 0 Å². The zero-order valence-electron chi connectivity index (χ0n) is 18.2. The quantitative estimate of drug-likeness (QED) is 0.674. The van der Waals surface area contributed by atoms with E-state index in [1.165, 1.54) is 29.8 Å². The molecule has 1 atom stereocenters. The molecule has 2 aromatic heterocycles. The lowest BCUT2D eigenvalue weighted by Gasteiger charge is -2.26. The van der Waals surface area contributed by atoms with Crippen LogP contribution in [0.25, 0.3) is 6.08 Å². The van der Waals surface area contributed by atoms with E-state index in [9.17, 15) is 4.79 Å². The molecule has 0 bridgehead atoms. The van der Waals surface area contributed by atoms with Gasteiger partial charge in [0.05, 0.1) is 18.2 Å². The number of carbonyl (C=O) groups excluding carboxylic acids is 1. The second-order valence-corrected chi connectivity index (χ2v) is 9.71. The van der Waals surface area contributed by atoms with Crippen molar-refractivity contribution in [3.05, 3.63) is 76.0 Å². The Morgan fingerprint density at radius 1 is 1.31 bits per heavy atom. The first kappa shape index (κ1) is 21.2. The van der Waals surface area contributed by atoms with Gasteiger partial charge < -0.3 is 15.0 Å². The molecule has 1 saturated heterocycles. The molecule has 2 aromatic rings. The molecule has 5 nitrogen and oxygen atoms in total. The summed E-state index contributed by atoms with van der Waals surface area (Å²) in [6.45, 7) is 2.50. The summed E-state index contributed by atoms with van der Waals surface area (Å²) in [6, 6.07) is 4.26. The van der Waals surface area contributed by atoms with Crippen molar-refractivity contribution >= 4 is 29.0 Å². The van der Waals surface area contributed by atoms with Crippen LogP contribution in [0, 0.1) is 5.92 Å². The maximum absolute atomic E-state index is 13.1. The molecule has 0 aromatic carbocycles. The number of aryl methyl sites for hydroxylation is 1. The van der Waals surface area contributed by atoms with Crippen LogP contribution in [-0.4, -0.2) is 30.6 Å². The number of hydrogen-bond donors (Lipinski definition) is 1. The molecular formula is C26H29N3O2S. The van der Waals surface area contributed by atoms with E-state index in [0.717, 1.165) is 48.8 Å². The van der Waals surface area contributed by atoms with Gasteiger partial charge in [-0.15, -0.1) is 11.3 Å². The highest BCUT2D eigenvalue weighted by Crippen LogP contribution is 2.31. The van der Waals surface area contributed by atoms with E-state index < -0.39 is 0 Å². The number of thiophene rings is 1. The highest BCUT2D eigenvalue weighted by atomic mass is 32.1. The minimum atomic E-state index is -0.170. The van der Waals surface area contributed by atoms with Gasteiger partial charge in [-0.1, -0.05) is 12.2 Å². The Morgan fingerprint density at radius 3 is 3.12 bits per heavy atom. The molecule has 1 N–H and O–H groups in total. The van der Waals surface area contributed by atoms with Crippen LogP contribution < -0.4 is 10.2 Å². The molecule has 3 aliphatic rings. The van der Waals surface area contributed by atoms with E-state index in [2.05, 4.69) is 38.9 Å². The van der Waals surface area contributed by atoms with Gasteiger partial charge in [-0.2, -0.15) is 0 Å². The first-order valence-corrected chi connectivity index (χ1v) is 12.3. The highest BCUT2D eigenvalue weighted by Gasteiger charge is 2.25. The summed E-state index contributed by atoms with van der Waals surface area (Å²) < 4.78 is 5.48. The zero-order valence-corrected chi connectivity index (χ0v) is 19.0. The van der Waals surface area contributed by atoms with Crippen molar-refractivity contribution in [2.75, 3.05) is 24.7 Å². The van der Waals surface area contributed by atoms with Crippen LogP contribution in [0.4, 0.5) is 5.69 Å². The lowest BCUT2D eigenvalue weighted by Crippen LogP contribution is -2.35. The first-order chi connectivity index (χ1) is 15.8. The van der Waals surface area contributed by atoms with Crippen LogP contribution in [0.5, 0.6) is 0 Å². The Hall–Kier alpha value is -2.70. The van der Waals surface area contributed by atoms with Gasteiger partial charge in [0.1, 0.15) is 0 Å². The number of rotatable bonds is 6. The first-order valence-electron chi connectivity index (χ1n) is 11.5. The Labute approximate surface area is 193 Å². The number of allylic oxidation sites excluding steroid dienone is 3. The molecule has 6 heteroatoms. The number of amides is 1. The topological polar surface area (TPSA) is 54.5 Å². The zero-order chi connectivity index (χ0) is 21.8. The normalized spacial score (nSPS) is 20.7. The minimum Gasteiger partial charge on any atom is -0.381 e. The largest absolute Gasteiger partial charge is 0.381 e. The molecule has 0 radical (unpaired) electrons. The Kier molecular flexibility index (Phi) is 6.51. The number of anilines is 1. The fourth-order valence-electron chi connectivity index (χ4n) is 4.67. The summed E-state index contributed by atoms with van der Waals surface area (Å²) >= 11 is 1.83. The number of fused-ring (bicyclic) bond motifs is 1. The van der Waals surface area contributed by atoms with Gasteiger partial charge in [0.15, 0.2) is 0 Å². The summed E-state index contributed by atoms with van der Waals surface area (Å²) in [4.78, 5) is 20.9. The Morgan fingerprint density at radius 2 is 2.22 bits per heavy atom. The van der Waals surface area contributed by atoms with Gasteiger partial charge in [0, 0.05) is 47.8 Å². The maximum Gasteiger partial charge on any atom is 0.232 e. The number of hydrogen-bond acceptors (Lipinski definition) is 5. The molecule has 4 heterocycles. The molecule has 0 spiro atoms. The fraction of sp³-hybridized carbons (Fsp3) is 0.385. The van der Waals surface area contributed by atoms with Crippen molar-refractivity contribution in [2.45, 2.75) is 38.0 Å². The van der Waals surface area contributed by atoms with Crippen molar-refractivity contribution in [3.63, 3.8) is 0 Å². The second-order valence-electron chi connectivity index (χ2n) is 8.71. The lowest BCUT2D eigenvalue weighted by atomic mass is 9.87. The van der Waals surface area contributed by atoms with Crippen LogP contribution in [0.15, 0.2) is 60.0 Å². The molecule has 1 fully saturated rings. The molecule has 1 amide bonds. The van der Waals surface area contributed by atoms with Gasteiger partial charge in [0.2, 0.25) is 5.91 Å². The van der Waals surface area contributed by atoms with E-state index in [1.54, 1.807) is 6.20 Å². The van der Waals surface area contributed by atoms with E-state index in [-0.39, 0.29) is 11.8 Å². The SMILES string of the molecule is O=C(NC1=CC=CN(c2csc(CCC3CCOCC3)c2)C1)C1CC=Cc2cnccc21. The molecule has 32 heavy (non-hydrogen) atoms. The standard InChI is InChI=1S/C26H29N3O2S/c30-26(25-5-1-3-20-16-27-11-8-24(20)25)28-21-4-2-12-29(17-21)22-15-23(32-18-22)7-6-19-9-13-31-14-10-19/h1-4,8,11-12,15-16,18-19,25H,5-7,9-10,13-14,17H2,(H,28,30). The van der Waals surface area contributed by atoms with E-state index in [1.807, 2.05) is 41.8 Å². The van der Waals surface area contributed by atoms with Crippen LogP contribution in [0.3, 0.4) is 0 Å². The summed E-state index contributed by atoms with van der Waals surface area (Å²) in [5.41, 5.74) is 4.21. The fourth-order valence-corrected chi connectivity index (χ4v) is 5.57. The third-order valence-corrected chi connectivity index (χ3v) is 7.53. The molecule has 166 valence electrons. The second kappa shape index (κ2) is 9.84. The average molecular weight is 448 g/mol. The number of carbonyl (C=O) groups is 1. The minimum absolute atomic E-state index is 0.0470. The molecule has 2 aliphatic heterocycles. The monoisotopic (exact) mass is 447 g/mol. The lowest BCUT2D eigenvalue weighted by molar-refractivity contribution is -0.121. The van der Waals surface area contributed by atoms with Crippen molar-refractivity contribution in [2.24, 2.45) is 5.92 Å². The van der Waals surface area contributed by atoms with E-state index >= 15 is 0 Å². The number of nitrogens with zero attached hydrogens (tertiary/aromatic N) is 2. The summed E-state index contributed by atoms with van der Waals surface area (Å²) in [5.74, 6) is 0.673. The number of nitrogens with one attached hydrogen (secondary N) is 1. The third kappa shape index (κ3) is 4.87. The van der Waals surface area contributed by atoms with Crippen LogP contribution >= 0.6 is 11.3 Å². The Balaban J connectivity index is 1.18. The summed E-state index contributed by atoms with van der Waals surface area (Å²) in [6.07, 6.45) is 19.3. The van der Waals surface area contributed by atoms with Gasteiger partial charge in [-0.05, 0) is 73.4 Å². The van der Waals surface area contributed by atoms with Gasteiger partial charge in [-0.3, -0.25) is 9.78 Å². The predicted octanol–water partition coefficient (Wildman–Crippen LogP) is 5.04. The number of pyridine rings is 1. The van der Waals surface area contributed by atoms with E-state index in [0.29, 0.717) is 6.54 Å². The average Bonchev–Trinajstić information content (AvgIpc) is 3.32. The smallest absolute Gasteiger partial charge is 0.232 e. The van der Waals surface area contributed by atoms with Crippen molar-refractivity contribution < 1.29 is 9.53 Å². The molecular weight excluding hydrogens is 418 g/mol. The van der Waals surface area contributed by atoms with E-state index in [4.69, 9.17) is 4.74 Å². The van der Waals surface area contributed by atoms with Crippen molar-refractivity contribution in [1.82, 2.24) is 10.3 Å². The summed E-state index contributed by atoms with van der Waals surface area (Å²) in [5, 5.41) is 5.40. The van der Waals surface area contributed by atoms with Crippen LogP contribution in [0.1, 0.15) is 47.6 Å². The van der Waals surface area contributed by atoms with Gasteiger partial charge >= 0.3 is 0 Å². The van der Waals surface area contributed by atoms with Gasteiger partial charge in [0.25, 0.3) is 0 Å². The Bertz CT molecular complexity index is 1050. The highest BCUT2D eigenvalue weighted by molar-refractivity contribution is 7.10. The number of ether oxygens (including phenoxy) is 1. The van der Waals surface area contributed by atoms with Crippen LogP contribution in [-0.2, 0) is 16.0 Å². The predicted molar refractivity (Wildman–Crippen MR) is 130 cm³/mol. The molecule has 5 rings (SSSR count). The third-order valence-electron chi connectivity index (χ3n) is 6.55.